The molecular weight excluding hydrogens is 384 g/mol. The molecule has 3 rings (SSSR count). The Bertz CT molecular complexity index is 942. The molecule has 0 aromatic heterocycles. The van der Waals surface area contributed by atoms with Crippen LogP contribution in [0.25, 0.3) is 0 Å². The third kappa shape index (κ3) is 4.10. The molecule has 7 heteroatoms. The van der Waals surface area contributed by atoms with Crippen molar-refractivity contribution in [2.24, 2.45) is 0 Å². The van der Waals surface area contributed by atoms with Gasteiger partial charge in [-0.15, -0.1) is 0 Å². The van der Waals surface area contributed by atoms with Crippen molar-refractivity contribution in [3.8, 4) is 6.07 Å². The summed E-state index contributed by atoms with van der Waals surface area (Å²) in [6.07, 6.45) is 0.290. The molecule has 2 aromatic carbocycles. The normalized spacial score (nSPS) is 16.5. The number of rotatable bonds is 5. The number of nitrogens with zero attached hydrogens (tertiary/aromatic N) is 3. The topological polar surface area (TPSA) is 47.3 Å². The summed E-state index contributed by atoms with van der Waals surface area (Å²) in [5.74, 6) is -1.25. The molecule has 0 unspecified atom stereocenters. The van der Waals surface area contributed by atoms with Crippen LogP contribution in [-0.4, -0.2) is 29.4 Å². The van der Waals surface area contributed by atoms with E-state index in [9.17, 15) is 13.6 Å². The van der Waals surface area contributed by atoms with E-state index in [2.05, 4.69) is 0 Å². The molecule has 1 amide bonds. The van der Waals surface area contributed by atoms with Gasteiger partial charge in [0.1, 0.15) is 17.7 Å². The monoisotopic (exact) mass is 403 g/mol. The van der Waals surface area contributed by atoms with E-state index in [1.807, 2.05) is 24.8 Å². The first kappa shape index (κ1) is 20.1. The highest BCUT2D eigenvalue weighted by atomic mass is 35.5. The van der Waals surface area contributed by atoms with Crippen LogP contribution in [0.4, 0.5) is 14.5 Å². The molecule has 146 valence electrons. The van der Waals surface area contributed by atoms with Crippen LogP contribution in [0, 0.1) is 23.0 Å². The van der Waals surface area contributed by atoms with Crippen LogP contribution in [0.5, 0.6) is 0 Å². The number of carbonyl (C=O) groups is 1. The fourth-order valence-electron chi connectivity index (χ4n) is 3.46. The van der Waals surface area contributed by atoms with Crippen LogP contribution in [0.3, 0.4) is 0 Å². The zero-order valence-corrected chi connectivity index (χ0v) is 16.4. The fourth-order valence-corrected chi connectivity index (χ4v) is 3.67. The van der Waals surface area contributed by atoms with Gasteiger partial charge in [-0.05, 0) is 38.1 Å². The van der Waals surface area contributed by atoms with E-state index >= 15 is 0 Å². The quantitative estimate of drug-likeness (QED) is 0.738. The van der Waals surface area contributed by atoms with Crippen molar-refractivity contribution in [2.45, 2.75) is 38.9 Å². The van der Waals surface area contributed by atoms with Gasteiger partial charge in [0.2, 0.25) is 5.91 Å². The summed E-state index contributed by atoms with van der Waals surface area (Å²) < 4.78 is 27.6. The van der Waals surface area contributed by atoms with Gasteiger partial charge in [0.05, 0.1) is 16.6 Å². The Morgan fingerprint density at radius 1 is 1.29 bits per heavy atom. The molecule has 1 heterocycles. The highest BCUT2D eigenvalue weighted by Crippen LogP contribution is 2.30. The van der Waals surface area contributed by atoms with Gasteiger partial charge in [-0.2, -0.15) is 5.26 Å². The predicted molar refractivity (Wildman–Crippen MR) is 104 cm³/mol. The second kappa shape index (κ2) is 8.15. The molecule has 1 aliphatic rings. The lowest BCUT2D eigenvalue weighted by molar-refractivity contribution is -0.129. The zero-order valence-electron chi connectivity index (χ0n) is 15.6. The SMILES string of the molecule is CC(C)N1C[C@@H](N(Cc2ccc(F)cc2F)c2ccc(C#N)c(Cl)c2)CC1=O. The molecule has 4 nitrogen and oxygen atoms in total. The minimum Gasteiger partial charge on any atom is -0.362 e. The molecule has 0 N–H and O–H groups in total. The van der Waals surface area contributed by atoms with Crippen LogP contribution < -0.4 is 4.90 Å². The van der Waals surface area contributed by atoms with Crippen LogP contribution >= 0.6 is 11.6 Å². The molecule has 0 aliphatic carbocycles. The highest BCUT2D eigenvalue weighted by Gasteiger charge is 2.35. The molecular formula is C21H20ClF2N3O. The van der Waals surface area contributed by atoms with E-state index in [1.165, 1.54) is 12.1 Å². The summed E-state index contributed by atoms with van der Waals surface area (Å²) in [5, 5.41) is 9.39. The summed E-state index contributed by atoms with van der Waals surface area (Å²) in [7, 11) is 0. The Labute approximate surface area is 167 Å². The van der Waals surface area contributed by atoms with Gasteiger partial charge in [0.25, 0.3) is 0 Å². The average Bonchev–Trinajstić information content (AvgIpc) is 3.02. The second-order valence-corrected chi connectivity index (χ2v) is 7.54. The van der Waals surface area contributed by atoms with Crippen molar-refractivity contribution in [3.63, 3.8) is 0 Å². The first-order valence-electron chi connectivity index (χ1n) is 9.00. The lowest BCUT2D eigenvalue weighted by Crippen LogP contribution is -2.39. The highest BCUT2D eigenvalue weighted by molar-refractivity contribution is 6.32. The maximum atomic E-state index is 14.3. The number of nitriles is 1. The number of hydrogen-bond acceptors (Lipinski definition) is 3. The number of carbonyl (C=O) groups excluding carboxylic acids is 1. The van der Waals surface area contributed by atoms with Crippen LogP contribution in [0.2, 0.25) is 5.02 Å². The van der Waals surface area contributed by atoms with Crippen molar-refractivity contribution >= 4 is 23.2 Å². The second-order valence-electron chi connectivity index (χ2n) is 7.14. The van der Waals surface area contributed by atoms with E-state index in [0.29, 0.717) is 29.8 Å². The molecule has 28 heavy (non-hydrogen) atoms. The summed E-state index contributed by atoms with van der Waals surface area (Å²) in [6, 6.07) is 10.3. The van der Waals surface area contributed by atoms with E-state index in [-0.39, 0.29) is 29.6 Å². The standard InChI is InChI=1S/C21H20ClF2N3O/c1-13(2)26-12-18(9-21(26)28)27(11-15-3-5-16(23)7-20(15)24)17-6-4-14(10-25)19(22)8-17/h3-8,13,18H,9,11-12H2,1-2H3/t18-/m0/s1. The van der Waals surface area contributed by atoms with Crippen molar-refractivity contribution in [1.82, 2.24) is 4.90 Å². The summed E-state index contributed by atoms with van der Waals surface area (Å²) in [4.78, 5) is 16.1. The fraction of sp³-hybridized carbons (Fsp3) is 0.333. The smallest absolute Gasteiger partial charge is 0.225 e. The average molecular weight is 404 g/mol. The van der Waals surface area contributed by atoms with Crippen molar-refractivity contribution in [3.05, 3.63) is 64.2 Å². The number of hydrogen-bond donors (Lipinski definition) is 0. The summed E-state index contributed by atoms with van der Waals surface area (Å²) in [5.41, 5.74) is 1.33. The molecule has 1 fully saturated rings. The first-order valence-corrected chi connectivity index (χ1v) is 9.37. The number of likely N-dealkylation sites (tertiary alicyclic amines) is 1. The maximum absolute atomic E-state index is 14.3. The third-order valence-corrected chi connectivity index (χ3v) is 5.28. The third-order valence-electron chi connectivity index (χ3n) is 4.96. The first-order chi connectivity index (χ1) is 13.3. The predicted octanol–water partition coefficient (Wildman–Crippen LogP) is 4.51. The Hall–Kier alpha value is -2.65. The van der Waals surface area contributed by atoms with Crippen LogP contribution in [0.15, 0.2) is 36.4 Å². The van der Waals surface area contributed by atoms with Gasteiger partial charge in [0.15, 0.2) is 0 Å². The van der Waals surface area contributed by atoms with E-state index in [1.54, 1.807) is 23.1 Å². The molecule has 0 bridgehead atoms. The minimum atomic E-state index is -0.644. The van der Waals surface area contributed by atoms with Crippen molar-refractivity contribution in [2.75, 3.05) is 11.4 Å². The number of halogens is 3. The number of anilines is 1. The van der Waals surface area contributed by atoms with Gasteiger partial charge in [-0.25, -0.2) is 8.78 Å². The van der Waals surface area contributed by atoms with Gasteiger partial charge in [-0.3, -0.25) is 4.79 Å². The van der Waals surface area contributed by atoms with Gasteiger partial charge < -0.3 is 9.80 Å². The molecule has 1 atom stereocenters. The zero-order chi connectivity index (χ0) is 20.4. The Morgan fingerprint density at radius 2 is 2.04 bits per heavy atom. The van der Waals surface area contributed by atoms with E-state index in [4.69, 9.17) is 16.9 Å². The lowest BCUT2D eigenvalue weighted by atomic mass is 10.1. The summed E-state index contributed by atoms with van der Waals surface area (Å²) in [6.45, 7) is 4.54. The van der Waals surface area contributed by atoms with Crippen molar-refractivity contribution < 1.29 is 13.6 Å². The van der Waals surface area contributed by atoms with Crippen LogP contribution in [0.1, 0.15) is 31.4 Å². The molecule has 1 saturated heterocycles. The van der Waals surface area contributed by atoms with Crippen LogP contribution in [-0.2, 0) is 11.3 Å². The largest absolute Gasteiger partial charge is 0.362 e. The van der Waals surface area contributed by atoms with E-state index in [0.717, 1.165) is 6.07 Å². The molecule has 2 aromatic rings. The minimum absolute atomic E-state index is 0.0318. The number of benzene rings is 2. The Morgan fingerprint density at radius 3 is 2.61 bits per heavy atom. The molecule has 0 radical (unpaired) electrons. The molecule has 1 aliphatic heterocycles. The van der Waals surface area contributed by atoms with Gasteiger partial charge in [-0.1, -0.05) is 17.7 Å². The van der Waals surface area contributed by atoms with Crippen molar-refractivity contribution in [1.29, 1.82) is 5.26 Å². The lowest BCUT2D eigenvalue weighted by Gasteiger charge is -2.32. The van der Waals surface area contributed by atoms with Gasteiger partial charge >= 0.3 is 0 Å². The molecule has 0 saturated carbocycles. The number of amides is 1. The van der Waals surface area contributed by atoms with Gasteiger partial charge in [0, 0.05) is 42.9 Å². The Balaban J connectivity index is 1.98. The Kier molecular flexibility index (Phi) is 5.85. The molecule has 0 spiro atoms. The van der Waals surface area contributed by atoms with E-state index < -0.39 is 11.6 Å². The maximum Gasteiger partial charge on any atom is 0.225 e. The summed E-state index contributed by atoms with van der Waals surface area (Å²) >= 11 is 6.19.